The fraction of sp³-hybridized carbons (Fsp3) is 0.680. The molecule has 2 saturated carbocycles. The average Bonchev–Trinajstić information content (AvgIpc) is 3.56. The molecule has 7 nitrogen and oxygen atoms in total. The van der Waals surface area contributed by atoms with Crippen molar-refractivity contribution in [2.75, 3.05) is 24.7 Å². The van der Waals surface area contributed by atoms with Crippen molar-refractivity contribution in [3.05, 3.63) is 24.0 Å². The molecule has 0 bridgehead atoms. The van der Waals surface area contributed by atoms with Crippen molar-refractivity contribution in [2.45, 2.75) is 83.0 Å². The van der Waals surface area contributed by atoms with Gasteiger partial charge in [0.25, 0.3) is 5.91 Å². The summed E-state index contributed by atoms with van der Waals surface area (Å²) in [6.07, 6.45) is 10.7. The number of rotatable bonds is 8. The molecule has 1 aliphatic heterocycles. The fourth-order valence-electron chi connectivity index (χ4n) is 5.35. The Morgan fingerprint density at radius 3 is 2.45 bits per heavy atom. The molecular formula is C25H39N5O2Si. The van der Waals surface area contributed by atoms with Gasteiger partial charge in [-0.2, -0.15) is 0 Å². The molecule has 5 rings (SSSR count). The number of amides is 1. The van der Waals surface area contributed by atoms with Crippen molar-refractivity contribution in [1.82, 2.24) is 14.5 Å². The van der Waals surface area contributed by atoms with Crippen LogP contribution in [0.15, 0.2) is 18.5 Å². The molecule has 3 aliphatic rings. The molecule has 0 atom stereocenters. The Kier molecular flexibility index (Phi) is 6.26. The zero-order valence-electron chi connectivity index (χ0n) is 20.4. The van der Waals surface area contributed by atoms with Gasteiger partial charge in [0.15, 0.2) is 0 Å². The van der Waals surface area contributed by atoms with Crippen LogP contribution >= 0.6 is 0 Å². The van der Waals surface area contributed by atoms with E-state index in [4.69, 9.17) is 15.5 Å². The van der Waals surface area contributed by atoms with Crippen molar-refractivity contribution >= 4 is 30.7 Å². The Balaban J connectivity index is 1.44. The lowest BCUT2D eigenvalue weighted by molar-refractivity contribution is 0.0718. The van der Waals surface area contributed by atoms with E-state index >= 15 is 0 Å². The van der Waals surface area contributed by atoms with Crippen LogP contribution in [0.3, 0.4) is 0 Å². The molecule has 3 heterocycles. The number of pyridine rings is 1. The van der Waals surface area contributed by atoms with Gasteiger partial charge in [0.05, 0.1) is 17.9 Å². The van der Waals surface area contributed by atoms with Gasteiger partial charge in [-0.3, -0.25) is 4.79 Å². The third-order valence-electron chi connectivity index (χ3n) is 7.65. The van der Waals surface area contributed by atoms with E-state index in [0.717, 1.165) is 67.2 Å². The van der Waals surface area contributed by atoms with Crippen LogP contribution in [0.1, 0.15) is 48.9 Å². The molecule has 8 heteroatoms. The van der Waals surface area contributed by atoms with Crippen LogP contribution in [0.25, 0.3) is 11.0 Å². The van der Waals surface area contributed by atoms with Gasteiger partial charge in [0.2, 0.25) is 0 Å². The highest BCUT2D eigenvalue weighted by Gasteiger charge is 2.42. The highest BCUT2D eigenvalue weighted by Crippen LogP contribution is 2.42. The lowest BCUT2D eigenvalue weighted by atomic mass is 9.85. The number of ether oxygens (including phenoxy) is 1. The first kappa shape index (κ1) is 22.9. The third kappa shape index (κ3) is 4.70. The second-order valence-corrected chi connectivity index (χ2v) is 17.0. The summed E-state index contributed by atoms with van der Waals surface area (Å²) in [7, 11) is -1.11. The average molecular weight is 470 g/mol. The topological polar surface area (TPSA) is 76.6 Å². The summed E-state index contributed by atoms with van der Waals surface area (Å²) in [5.41, 5.74) is 8.71. The molecule has 2 aliphatic carbocycles. The number of aromatic nitrogens is 2. The van der Waals surface area contributed by atoms with Crippen LogP contribution in [0, 0.1) is 5.92 Å². The van der Waals surface area contributed by atoms with E-state index in [9.17, 15) is 4.79 Å². The Hall–Kier alpha value is -1.90. The lowest BCUT2D eigenvalue weighted by Gasteiger charge is -2.45. The van der Waals surface area contributed by atoms with Crippen molar-refractivity contribution in [3.8, 4) is 0 Å². The van der Waals surface area contributed by atoms with Gasteiger partial charge in [-0.1, -0.05) is 19.6 Å². The number of carbonyl (C=O) groups excluding carboxylic acids is 1. The second-order valence-electron chi connectivity index (χ2n) is 11.4. The number of hydrogen-bond acceptors (Lipinski definition) is 5. The first-order valence-corrected chi connectivity index (χ1v) is 16.4. The maximum Gasteiger partial charge on any atom is 0.259 e. The summed E-state index contributed by atoms with van der Waals surface area (Å²) in [5, 5.41) is 1.08. The Morgan fingerprint density at radius 1 is 1.09 bits per heavy atom. The van der Waals surface area contributed by atoms with Gasteiger partial charge in [-0.15, -0.1) is 0 Å². The van der Waals surface area contributed by atoms with E-state index < -0.39 is 8.07 Å². The summed E-state index contributed by atoms with van der Waals surface area (Å²) in [4.78, 5) is 22.7. The van der Waals surface area contributed by atoms with Crippen LogP contribution in [0.5, 0.6) is 0 Å². The van der Waals surface area contributed by atoms with Crippen LogP contribution in [-0.4, -0.2) is 60.3 Å². The van der Waals surface area contributed by atoms with Crippen molar-refractivity contribution in [2.24, 2.45) is 11.7 Å². The van der Waals surface area contributed by atoms with E-state index in [0.29, 0.717) is 31.4 Å². The monoisotopic (exact) mass is 469 g/mol. The molecule has 180 valence electrons. The van der Waals surface area contributed by atoms with Gasteiger partial charge in [0, 0.05) is 44.5 Å². The van der Waals surface area contributed by atoms with Gasteiger partial charge < -0.3 is 24.8 Å². The molecule has 0 radical (unpaired) electrons. The number of anilines is 1. The molecule has 2 N–H and O–H groups in total. The molecule has 2 aromatic rings. The van der Waals surface area contributed by atoms with Crippen molar-refractivity contribution < 1.29 is 9.53 Å². The maximum atomic E-state index is 13.4. The van der Waals surface area contributed by atoms with E-state index in [1.54, 1.807) is 0 Å². The highest BCUT2D eigenvalue weighted by atomic mass is 28.3. The van der Waals surface area contributed by atoms with Gasteiger partial charge in [0.1, 0.15) is 12.4 Å². The first-order chi connectivity index (χ1) is 15.9. The highest BCUT2D eigenvalue weighted by molar-refractivity contribution is 6.76. The molecule has 2 fully saturated rings. The molecule has 33 heavy (non-hydrogen) atoms. The number of hydrogen-bond donors (Lipinski definition) is 1. The molecule has 0 aromatic carbocycles. The largest absolute Gasteiger partial charge is 0.361 e. The van der Waals surface area contributed by atoms with Crippen molar-refractivity contribution in [3.63, 3.8) is 0 Å². The molecule has 2 aromatic heterocycles. The Bertz CT molecular complexity index is 1000. The number of fused-ring (bicyclic) bond motifs is 3. The minimum atomic E-state index is -1.11. The van der Waals surface area contributed by atoms with Crippen LogP contribution < -0.4 is 10.6 Å². The Morgan fingerprint density at radius 2 is 1.79 bits per heavy atom. The van der Waals surface area contributed by atoms with E-state index in [1.165, 1.54) is 12.8 Å². The van der Waals surface area contributed by atoms with E-state index in [2.05, 4.69) is 46.3 Å². The number of carbonyl (C=O) groups is 1. The molecule has 1 amide bonds. The van der Waals surface area contributed by atoms with Crippen LogP contribution in [0.4, 0.5) is 5.69 Å². The molecule has 0 spiro atoms. The van der Waals surface area contributed by atoms with E-state index in [-0.39, 0.29) is 5.91 Å². The minimum Gasteiger partial charge on any atom is -0.361 e. The summed E-state index contributed by atoms with van der Waals surface area (Å²) < 4.78 is 8.09. The number of nitrogens with two attached hydrogens (primary N) is 1. The summed E-state index contributed by atoms with van der Waals surface area (Å²) in [5.74, 6) is 0.784. The summed E-state index contributed by atoms with van der Waals surface area (Å²) in [6.45, 7) is 9.87. The quantitative estimate of drug-likeness (QED) is 0.462. The zero-order valence-corrected chi connectivity index (χ0v) is 21.4. The predicted molar refractivity (Wildman–Crippen MR) is 135 cm³/mol. The van der Waals surface area contributed by atoms with Crippen LogP contribution in [0.2, 0.25) is 25.7 Å². The normalized spacial score (nSPS) is 23.9. The Labute approximate surface area is 198 Å². The first-order valence-electron chi connectivity index (χ1n) is 12.7. The summed E-state index contributed by atoms with van der Waals surface area (Å²) in [6, 6.07) is 4.12. The predicted octanol–water partition coefficient (Wildman–Crippen LogP) is 4.25. The molecule has 0 unspecified atom stereocenters. The van der Waals surface area contributed by atoms with Gasteiger partial charge in [-0.05, 0) is 63.1 Å². The standard InChI is InChI=1S/C25H39N5O2Si/c1-33(2,3)13-12-32-17-28-11-10-21-23-22(15-27-24(21)28)25(31)30(20-8-9-20)16-29(23)19-6-4-18(14-26)5-7-19/h10-11,15,18-20H,4-9,12-14,16-17,26H2,1-3H3/t18-,19-. The summed E-state index contributed by atoms with van der Waals surface area (Å²) >= 11 is 0. The van der Waals surface area contributed by atoms with Gasteiger partial charge >= 0.3 is 0 Å². The third-order valence-corrected chi connectivity index (χ3v) is 9.35. The lowest BCUT2D eigenvalue weighted by Crippen LogP contribution is -2.52. The number of nitrogens with zero attached hydrogens (tertiary/aromatic N) is 4. The van der Waals surface area contributed by atoms with E-state index in [1.807, 2.05) is 6.20 Å². The fourth-order valence-corrected chi connectivity index (χ4v) is 6.10. The zero-order chi connectivity index (χ0) is 23.2. The van der Waals surface area contributed by atoms with Crippen LogP contribution in [-0.2, 0) is 11.5 Å². The molecule has 0 saturated heterocycles. The minimum absolute atomic E-state index is 0.146. The second kappa shape index (κ2) is 9.04. The smallest absolute Gasteiger partial charge is 0.259 e. The van der Waals surface area contributed by atoms with Crippen molar-refractivity contribution in [1.29, 1.82) is 0 Å². The SMILES string of the molecule is C[Si](C)(C)CCOCn1ccc2c3c(cnc21)C(=O)N(C1CC1)CN3[C@H]1CC[C@H](CN)CC1. The maximum absolute atomic E-state index is 13.4. The van der Waals surface area contributed by atoms with Gasteiger partial charge in [-0.25, -0.2) is 4.98 Å². The molecular weight excluding hydrogens is 430 g/mol.